The molecule has 0 unspecified atom stereocenters. The number of alkyl halides is 3. The summed E-state index contributed by atoms with van der Waals surface area (Å²) in [5, 5.41) is 12.7. The van der Waals surface area contributed by atoms with E-state index in [-0.39, 0.29) is 31.0 Å². The molecule has 2 N–H and O–H groups in total. The summed E-state index contributed by atoms with van der Waals surface area (Å²) < 4.78 is 46.7. The average molecular weight is 520 g/mol. The molecule has 1 saturated heterocycles. The number of amides is 3. The predicted molar refractivity (Wildman–Crippen MR) is 126 cm³/mol. The lowest BCUT2D eigenvalue weighted by molar-refractivity contribution is -0.141. The Morgan fingerprint density at radius 1 is 1.11 bits per heavy atom. The predicted octanol–water partition coefficient (Wildman–Crippen LogP) is 3.72. The van der Waals surface area contributed by atoms with Gasteiger partial charge in [0, 0.05) is 44.2 Å². The highest BCUT2D eigenvalue weighted by molar-refractivity contribution is 5.95. The molecule has 0 spiro atoms. The molecular weight excluding hydrogens is 491 g/mol. The fraction of sp³-hybridized carbons (Fsp3) is 0.458. The van der Waals surface area contributed by atoms with Crippen LogP contribution in [0.5, 0.6) is 0 Å². The summed E-state index contributed by atoms with van der Waals surface area (Å²) in [5.41, 5.74) is -1.47. The van der Waals surface area contributed by atoms with E-state index in [2.05, 4.69) is 25.9 Å². The smallest absolute Gasteiger partial charge is 0.350 e. The van der Waals surface area contributed by atoms with Crippen molar-refractivity contribution in [2.24, 2.45) is 0 Å². The van der Waals surface area contributed by atoms with Gasteiger partial charge in [-0.1, -0.05) is 37.2 Å². The molecule has 37 heavy (non-hydrogen) atoms. The number of nitrogens with one attached hydrogen (secondary N) is 2. The Hall–Kier alpha value is -3.90. The molecule has 0 saturated carbocycles. The fourth-order valence-electron chi connectivity index (χ4n) is 4.00. The molecular formula is C24H28F3N7O3. The number of para-hydroxylation sites is 1. The number of carbonyl (C=O) groups excluding carboxylic acids is 2. The van der Waals surface area contributed by atoms with Crippen LogP contribution < -0.4 is 10.6 Å². The van der Waals surface area contributed by atoms with Gasteiger partial charge >= 0.3 is 12.2 Å². The van der Waals surface area contributed by atoms with Crippen molar-refractivity contribution in [3.05, 3.63) is 59.5 Å². The average Bonchev–Trinajstić information content (AvgIpc) is 3.55. The number of aromatic nitrogens is 4. The SMILES string of the molecule is CC(C)c1nc(C2CCN(C(=O)NCCNC(=O)c3cn(-c4ccccc4)nc3C(F)(F)F)CC2)no1. The van der Waals surface area contributed by atoms with Crippen LogP contribution in [-0.2, 0) is 6.18 Å². The van der Waals surface area contributed by atoms with E-state index in [0.717, 1.165) is 10.9 Å². The topological polar surface area (TPSA) is 118 Å². The monoisotopic (exact) mass is 519 g/mol. The van der Waals surface area contributed by atoms with Crippen LogP contribution >= 0.6 is 0 Å². The van der Waals surface area contributed by atoms with Crippen LogP contribution in [0.15, 0.2) is 41.1 Å². The summed E-state index contributed by atoms with van der Waals surface area (Å²) in [6, 6.07) is 7.89. The summed E-state index contributed by atoms with van der Waals surface area (Å²) in [6.45, 7) is 4.96. The molecule has 0 aliphatic carbocycles. The van der Waals surface area contributed by atoms with Crippen molar-refractivity contribution in [2.75, 3.05) is 26.2 Å². The van der Waals surface area contributed by atoms with Crippen molar-refractivity contribution < 1.29 is 27.3 Å². The van der Waals surface area contributed by atoms with Gasteiger partial charge < -0.3 is 20.1 Å². The third kappa shape index (κ3) is 6.27. The summed E-state index contributed by atoms with van der Waals surface area (Å²) in [5.74, 6) is 0.574. The first-order chi connectivity index (χ1) is 17.6. The van der Waals surface area contributed by atoms with E-state index < -0.39 is 23.3 Å². The molecule has 0 radical (unpaired) electrons. The van der Waals surface area contributed by atoms with Gasteiger partial charge in [-0.05, 0) is 25.0 Å². The molecule has 3 aromatic rings. The van der Waals surface area contributed by atoms with E-state index in [9.17, 15) is 22.8 Å². The molecule has 3 amide bonds. The third-order valence-electron chi connectivity index (χ3n) is 6.03. The molecule has 1 aromatic carbocycles. The number of likely N-dealkylation sites (tertiary alicyclic amines) is 1. The number of piperidine rings is 1. The Morgan fingerprint density at radius 3 is 2.41 bits per heavy atom. The highest BCUT2D eigenvalue weighted by Gasteiger charge is 2.39. The number of carbonyl (C=O) groups is 2. The fourth-order valence-corrected chi connectivity index (χ4v) is 4.00. The first kappa shape index (κ1) is 26.2. The van der Waals surface area contributed by atoms with Gasteiger partial charge in [-0.2, -0.15) is 23.3 Å². The standard InChI is InChI=1S/C24H28F3N7O3/c1-15(2)22-30-20(32-37-22)16-8-12-33(13-9-16)23(36)29-11-10-28-21(35)18-14-34(17-6-4-3-5-7-17)31-19(18)24(25,26)27/h3-7,14-16H,8-13H2,1-2H3,(H,28,35)(H,29,36). The van der Waals surface area contributed by atoms with Gasteiger partial charge in [-0.25, -0.2) is 9.48 Å². The van der Waals surface area contributed by atoms with Crippen molar-refractivity contribution in [3.8, 4) is 5.69 Å². The van der Waals surface area contributed by atoms with E-state index in [1.807, 2.05) is 13.8 Å². The zero-order valence-corrected chi connectivity index (χ0v) is 20.5. The second-order valence-corrected chi connectivity index (χ2v) is 9.06. The van der Waals surface area contributed by atoms with Gasteiger partial charge in [0.05, 0.1) is 11.3 Å². The summed E-state index contributed by atoms with van der Waals surface area (Å²) in [4.78, 5) is 31.1. The summed E-state index contributed by atoms with van der Waals surface area (Å²) in [7, 11) is 0. The quantitative estimate of drug-likeness (QED) is 0.460. The lowest BCUT2D eigenvalue weighted by atomic mass is 9.96. The van der Waals surface area contributed by atoms with E-state index in [1.165, 1.54) is 0 Å². The molecule has 1 fully saturated rings. The number of urea groups is 1. The molecule has 13 heteroatoms. The minimum Gasteiger partial charge on any atom is -0.350 e. The van der Waals surface area contributed by atoms with E-state index in [4.69, 9.17) is 4.52 Å². The minimum absolute atomic E-state index is 0.0459. The van der Waals surface area contributed by atoms with Crippen LogP contribution in [-0.4, -0.2) is 62.9 Å². The lowest BCUT2D eigenvalue weighted by Crippen LogP contribution is -2.46. The van der Waals surface area contributed by atoms with E-state index in [0.29, 0.717) is 43.3 Å². The van der Waals surface area contributed by atoms with Crippen LogP contribution in [0.2, 0.25) is 0 Å². The normalized spacial score (nSPS) is 14.7. The Labute approximate surface area is 211 Å². The number of nitrogens with zero attached hydrogens (tertiary/aromatic N) is 5. The Balaban J connectivity index is 1.26. The van der Waals surface area contributed by atoms with Crippen LogP contribution in [0.1, 0.15) is 66.3 Å². The molecule has 3 heterocycles. The van der Waals surface area contributed by atoms with Crippen molar-refractivity contribution >= 4 is 11.9 Å². The van der Waals surface area contributed by atoms with Crippen molar-refractivity contribution in [2.45, 2.75) is 44.7 Å². The van der Waals surface area contributed by atoms with Crippen LogP contribution in [0.25, 0.3) is 5.69 Å². The van der Waals surface area contributed by atoms with E-state index >= 15 is 0 Å². The number of benzene rings is 1. The molecule has 198 valence electrons. The largest absolute Gasteiger partial charge is 0.435 e. The van der Waals surface area contributed by atoms with Gasteiger partial charge in [0.25, 0.3) is 5.91 Å². The molecule has 10 nitrogen and oxygen atoms in total. The zero-order chi connectivity index (χ0) is 26.6. The van der Waals surface area contributed by atoms with Gasteiger partial charge in [0.15, 0.2) is 11.5 Å². The number of hydrogen-bond donors (Lipinski definition) is 2. The van der Waals surface area contributed by atoms with Gasteiger partial charge in [0.1, 0.15) is 0 Å². The zero-order valence-electron chi connectivity index (χ0n) is 20.5. The number of halogens is 3. The highest BCUT2D eigenvalue weighted by atomic mass is 19.4. The Morgan fingerprint density at radius 2 is 1.78 bits per heavy atom. The molecule has 4 rings (SSSR count). The van der Waals surface area contributed by atoms with E-state index in [1.54, 1.807) is 35.2 Å². The molecule has 1 aliphatic heterocycles. The molecule has 1 aliphatic rings. The van der Waals surface area contributed by atoms with Gasteiger partial charge in [-0.15, -0.1) is 0 Å². The minimum atomic E-state index is -4.80. The Kier molecular flexibility index (Phi) is 7.79. The molecule has 0 atom stereocenters. The van der Waals surface area contributed by atoms with Gasteiger partial charge in [-0.3, -0.25) is 4.79 Å². The molecule has 0 bridgehead atoms. The lowest BCUT2D eigenvalue weighted by Gasteiger charge is -2.30. The van der Waals surface area contributed by atoms with Crippen molar-refractivity contribution in [1.82, 2.24) is 35.5 Å². The maximum Gasteiger partial charge on any atom is 0.435 e. The maximum absolute atomic E-state index is 13.5. The second kappa shape index (κ2) is 11.0. The highest BCUT2D eigenvalue weighted by Crippen LogP contribution is 2.31. The van der Waals surface area contributed by atoms with Gasteiger partial charge in [0.2, 0.25) is 5.89 Å². The second-order valence-electron chi connectivity index (χ2n) is 9.06. The Bertz CT molecular complexity index is 1220. The number of hydrogen-bond acceptors (Lipinski definition) is 6. The third-order valence-corrected chi connectivity index (χ3v) is 6.03. The first-order valence-corrected chi connectivity index (χ1v) is 12.0. The van der Waals surface area contributed by atoms with Crippen LogP contribution in [0.3, 0.4) is 0 Å². The number of rotatable bonds is 7. The van der Waals surface area contributed by atoms with Crippen molar-refractivity contribution in [3.63, 3.8) is 0 Å². The first-order valence-electron chi connectivity index (χ1n) is 12.0. The van der Waals surface area contributed by atoms with Crippen LogP contribution in [0, 0.1) is 0 Å². The summed E-state index contributed by atoms with van der Waals surface area (Å²) >= 11 is 0. The molecule has 2 aromatic heterocycles. The van der Waals surface area contributed by atoms with Crippen molar-refractivity contribution in [1.29, 1.82) is 0 Å². The summed E-state index contributed by atoms with van der Waals surface area (Å²) in [6.07, 6.45) is -2.38. The maximum atomic E-state index is 13.5. The van der Waals surface area contributed by atoms with Crippen LogP contribution in [0.4, 0.5) is 18.0 Å².